The molecular formula is C9H18N2O2. The number of carbonyl (C=O) groups is 1. The van der Waals surface area contributed by atoms with Gasteiger partial charge < -0.3 is 15.7 Å². The second kappa shape index (κ2) is 5.07. The fourth-order valence-electron chi connectivity index (χ4n) is 1.86. The van der Waals surface area contributed by atoms with E-state index in [0.717, 1.165) is 25.7 Å². The lowest BCUT2D eigenvalue weighted by Gasteiger charge is -2.30. The molecule has 0 aliphatic heterocycles. The Bertz CT molecular complexity index is 173. The number of amides is 2. The summed E-state index contributed by atoms with van der Waals surface area (Å²) < 4.78 is 0. The highest BCUT2D eigenvalue weighted by Crippen LogP contribution is 2.23. The summed E-state index contributed by atoms with van der Waals surface area (Å²) in [5.74, 6) is 0.242. The molecule has 1 rings (SSSR count). The minimum absolute atomic E-state index is 0.148. The second-order valence-electron chi connectivity index (χ2n) is 3.56. The zero-order valence-electron chi connectivity index (χ0n) is 8.05. The van der Waals surface area contributed by atoms with E-state index in [9.17, 15) is 4.79 Å². The maximum atomic E-state index is 11.0. The minimum atomic E-state index is -0.148. The van der Waals surface area contributed by atoms with Crippen LogP contribution in [0, 0.1) is 5.92 Å². The van der Waals surface area contributed by atoms with Crippen molar-refractivity contribution in [3.63, 3.8) is 0 Å². The smallest absolute Gasteiger partial charge is 0.314 e. The van der Waals surface area contributed by atoms with Gasteiger partial charge in [-0.15, -0.1) is 0 Å². The minimum Gasteiger partial charge on any atom is -0.396 e. The van der Waals surface area contributed by atoms with Crippen LogP contribution < -0.4 is 10.6 Å². The van der Waals surface area contributed by atoms with Crippen LogP contribution in [0.25, 0.3) is 0 Å². The molecule has 0 aromatic rings. The molecule has 3 N–H and O–H groups in total. The molecule has 1 aliphatic carbocycles. The van der Waals surface area contributed by atoms with Crippen molar-refractivity contribution in [2.45, 2.75) is 31.7 Å². The van der Waals surface area contributed by atoms with E-state index >= 15 is 0 Å². The predicted molar refractivity (Wildman–Crippen MR) is 50.4 cm³/mol. The third-order valence-corrected chi connectivity index (χ3v) is 2.69. The molecule has 4 heteroatoms. The Balaban J connectivity index is 2.40. The molecule has 13 heavy (non-hydrogen) atoms. The number of nitrogens with one attached hydrogen (secondary N) is 2. The van der Waals surface area contributed by atoms with Crippen LogP contribution in [0.2, 0.25) is 0 Å². The lowest BCUT2D eigenvalue weighted by molar-refractivity contribution is 0.154. The van der Waals surface area contributed by atoms with E-state index in [2.05, 4.69) is 10.6 Å². The molecule has 0 aromatic carbocycles. The topological polar surface area (TPSA) is 61.4 Å². The number of urea groups is 1. The summed E-state index contributed by atoms with van der Waals surface area (Å²) in [6, 6.07) is 0.00375. The molecular weight excluding hydrogens is 168 g/mol. The zero-order chi connectivity index (χ0) is 9.68. The summed E-state index contributed by atoms with van der Waals surface area (Å²) >= 11 is 0. The number of carbonyl (C=O) groups excluding carboxylic acids is 1. The second-order valence-corrected chi connectivity index (χ2v) is 3.56. The summed E-state index contributed by atoms with van der Waals surface area (Å²) in [5.41, 5.74) is 0. The van der Waals surface area contributed by atoms with Gasteiger partial charge in [0.25, 0.3) is 0 Å². The first-order valence-electron chi connectivity index (χ1n) is 4.87. The monoisotopic (exact) mass is 186 g/mol. The average Bonchev–Trinajstić information content (AvgIpc) is 2.18. The van der Waals surface area contributed by atoms with E-state index in [-0.39, 0.29) is 24.6 Å². The predicted octanol–water partition coefficient (Wildman–Crippen LogP) is 0.466. The Morgan fingerprint density at radius 3 is 2.77 bits per heavy atom. The van der Waals surface area contributed by atoms with E-state index in [1.807, 2.05) is 0 Å². The SMILES string of the molecule is CNC(=O)NC1CCCCC1CO. The van der Waals surface area contributed by atoms with Gasteiger partial charge in [-0.2, -0.15) is 0 Å². The van der Waals surface area contributed by atoms with Crippen LogP contribution in [0.1, 0.15) is 25.7 Å². The molecule has 1 aliphatic rings. The van der Waals surface area contributed by atoms with E-state index in [4.69, 9.17) is 5.11 Å². The normalized spacial score (nSPS) is 28.2. The van der Waals surface area contributed by atoms with Crippen molar-refractivity contribution in [2.75, 3.05) is 13.7 Å². The van der Waals surface area contributed by atoms with Crippen LogP contribution in [0.15, 0.2) is 0 Å². The number of aliphatic hydroxyl groups excluding tert-OH is 1. The lowest BCUT2D eigenvalue weighted by atomic mass is 9.85. The van der Waals surface area contributed by atoms with Gasteiger partial charge in [0, 0.05) is 25.6 Å². The van der Waals surface area contributed by atoms with Crippen LogP contribution in [-0.4, -0.2) is 30.8 Å². The summed E-state index contributed by atoms with van der Waals surface area (Å²) in [6.07, 6.45) is 4.31. The number of rotatable bonds is 2. The molecule has 0 heterocycles. The van der Waals surface area contributed by atoms with Gasteiger partial charge >= 0.3 is 6.03 Å². The number of hydrogen-bond acceptors (Lipinski definition) is 2. The zero-order valence-corrected chi connectivity index (χ0v) is 8.05. The molecule has 0 bridgehead atoms. The van der Waals surface area contributed by atoms with Gasteiger partial charge in [0.1, 0.15) is 0 Å². The largest absolute Gasteiger partial charge is 0.396 e. The van der Waals surface area contributed by atoms with E-state index in [1.165, 1.54) is 0 Å². The maximum Gasteiger partial charge on any atom is 0.314 e. The molecule has 76 valence electrons. The summed E-state index contributed by atoms with van der Waals surface area (Å²) in [5, 5.41) is 14.5. The lowest BCUT2D eigenvalue weighted by Crippen LogP contribution is -2.46. The fraction of sp³-hybridized carbons (Fsp3) is 0.889. The van der Waals surface area contributed by atoms with Crippen LogP contribution in [0.5, 0.6) is 0 Å². The van der Waals surface area contributed by atoms with E-state index in [0.29, 0.717) is 0 Å². The summed E-state index contributed by atoms with van der Waals surface area (Å²) in [6.45, 7) is 0.175. The van der Waals surface area contributed by atoms with E-state index in [1.54, 1.807) is 7.05 Å². The van der Waals surface area contributed by atoms with Gasteiger partial charge in [0.05, 0.1) is 0 Å². The van der Waals surface area contributed by atoms with Gasteiger partial charge in [-0.05, 0) is 12.8 Å². The Labute approximate surface area is 78.7 Å². The molecule has 1 saturated carbocycles. The highest BCUT2D eigenvalue weighted by Gasteiger charge is 2.25. The van der Waals surface area contributed by atoms with Crippen molar-refractivity contribution < 1.29 is 9.90 Å². The first-order valence-corrected chi connectivity index (χ1v) is 4.87. The molecule has 2 atom stereocenters. The Morgan fingerprint density at radius 2 is 2.15 bits per heavy atom. The molecule has 1 fully saturated rings. The summed E-state index contributed by atoms with van der Waals surface area (Å²) in [7, 11) is 1.60. The fourth-order valence-corrected chi connectivity index (χ4v) is 1.86. The first kappa shape index (κ1) is 10.3. The van der Waals surface area contributed by atoms with Crippen molar-refractivity contribution in [3.8, 4) is 0 Å². The Hall–Kier alpha value is -0.770. The average molecular weight is 186 g/mol. The van der Waals surface area contributed by atoms with Gasteiger partial charge in [-0.3, -0.25) is 0 Å². The third kappa shape index (κ3) is 2.88. The quantitative estimate of drug-likeness (QED) is 0.587. The molecule has 0 aromatic heterocycles. The van der Waals surface area contributed by atoms with Crippen molar-refractivity contribution in [2.24, 2.45) is 5.92 Å². The number of aliphatic hydroxyl groups is 1. The Kier molecular flexibility index (Phi) is 4.02. The third-order valence-electron chi connectivity index (χ3n) is 2.69. The molecule has 0 saturated heterocycles. The highest BCUT2D eigenvalue weighted by molar-refractivity contribution is 5.73. The molecule has 2 unspecified atom stereocenters. The summed E-state index contributed by atoms with van der Waals surface area (Å²) in [4.78, 5) is 11.0. The standard InChI is InChI=1S/C9H18N2O2/c1-10-9(13)11-8-5-3-2-4-7(8)6-12/h7-8,12H,2-6H2,1H3,(H2,10,11,13). The molecule has 0 spiro atoms. The number of hydrogen-bond donors (Lipinski definition) is 3. The Morgan fingerprint density at radius 1 is 1.46 bits per heavy atom. The van der Waals surface area contributed by atoms with Crippen LogP contribution in [0.3, 0.4) is 0 Å². The molecule has 0 radical (unpaired) electrons. The van der Waals surface area contributed by atoms with Crippen LogP contribution >= 0.6 is 0 Å². The van der Waals surface area contributed by atoms with E-state index < -0.39 is 0 Å². The van der Waals surface area contributed by atoms with Crippen LogP contribution in [-0.2, 0) is 0 Å². The van der Waals surface area contributed by atoms with Gasteiger partial charge in [-0.1, -0.05) is 12.8 Å². The first-order chi connectivity index (χ1) is 6.27. The molecule has 2 amide bonds. The van der Waals surface area contributed by atoms with Crippen molar-refractivity contribution in [1.82, 2.24) is 10.6 Å². The van der Waals surface area contributed by atoms with Gasteiger partial charge in [0.2, 0.25) is 0 Å². The van der Waals surface area contributed by atoms with Crippen molar-refractivity contribution in [1.29, 1.82) is 0 Å². The van der Waals surface area contributed by atoms with Crippen molar-refractivity contribution in [3.05, 3.63) is 0 Å². The molecule has 4 nitrogen and oxygen atoms in total. The van der Waals surface area contributed by atoms with Gasteiger partial charge in [-0.25, -0.2) is 4.79 Å². The highest BCUT2D eigenvalue weighted by atomic mass is 16.3. The maximum absolute atomic E-state index is 11.0. The van der Waals surface area contributed by atoms with Crippen molar-refractivity contribution >= 4 is 6.03 Å². The van der Waals surface area contributed by atoms with Gasteiger partial charge in [0.15, 0.2) is 0 Å². The van der Waals surface area contributed by atoms with Crippen LogP contribution in [0.4, 0.5) is 4.79 Å².